The first-order valence-electron chi connectivity index (χ1n) is 8.76. The van der Waals surface area contributed by atoms with Crippen molar-refractivity contribution in [3.8, 4) is 11.5 Å². The Morgan fingerprint density at radius 3 is 2.07 bits per heavy atom. The fourth-order valence-electron chi connectivity index (χ4n) is 3.52. The summed E-state index contributed by atoms with van der Waals surface area (Å²) in [5, 5.41) is 22.2. The van der Waals surface area contributed by atoms with Crippen molar-refractivity contribution in [2.24, 2.45) is 0 Å². The number of carbonyl (C=O) groups excluding carboxylic acids is 1. The molecule has 0 N–H and O–H groups in total. The number of benzene rings is 2. The van der Waals surface area contributed by atoms with Crippen LogP contribution < -0.4 is 9.47 Å². The monoisotopic (exact) mass is 401 g/mol. The third kappa shape index (κ3) is 3.68. The lowest BCUT2D eigenvalue weighted by Gasteiger charge is -2.35. The predicted molar refractivity (Wildman–Crippen MR) is 102 cm³/mol. The molecule has 0 fully saturated rings. The van der Waals surface area contributed by atoms with Gasteiger partial charge in [0.2, 0.25) is 0 Å². The van der Waals surface area contributed by atoms with Gasteiger partial charge in [-0.05, 0) is 36.6 Å². The fourth-order valence-corrected chi connectivity index (χ4v) is 3.52. The molecule has 3 rings (SSSR count). The van der Waals surface area contributed by atoms with Crippen LogP contribution in [0.5, 0.6) is 11.5 Å². The smallest absolute Gasteiger partial charge is 0.277 e. The molecule has 0 saturated heterocycles. The number of nitro benzene ring substituents is 2. The Morgan fingerprint density at radius 2 is 1.55 bits per heavy atom. The van der Waals surface area contributed by atoms with Crippen LogP contribution in [0.25, 0.3) is 0 Å². The van der Waals surface area contributed by atoms with Gasteiger partial charge in [-0.3, -0.25) is 25.0 Å². The first-order valence-corrected chi connectivity index (χ1v) is 8.76. The molecule has 2 aromatic rings. The number of amides is 1. The van der Waals surface area contributed by atoms with E-state index in [-0.39, 0.29) is 11.6 Å². The molecule has 0 saturated carbocycles. The van der Waals surface area contributed by atoms with Gasteiger partial charge in [-0.15, -0.1) is 0 Å². The van der Waals surface area contributed by atoms with Gasteiger partial charge in [0.15, 0.2) is 11.5 Å². The average molecular weight is 401 g/mol. The summed E-state index contributed by atoms with van der Waals surface area (Å²) in [6.45, 7) is 2.19. The van der Waals surface area contributed by atoms with E-state index in [1.54, 1.807) is 13.2 Å². The van der Waals surface area contributed by atoms with Crippen LogP contribution in [0.3, 0.4) is 0 Å². The van der Waals surface area contributed by atoms with Crippen molar-refractivity contribution in [2.45, 2.75) is 19.4 Å². The summed E-state index contributed by atoms with van der Waals surface area (Å²) in [4.78, 5) is 35.3. The molecule has 1 amide bonds. The number of non-ortho nitro benzene ring substituents is 2. The topological polar surface area (TPSA) is 125 Å². The van der Waals surface area contributed by atoms with E-state index in [1.165, 1.54) is 12.0 Å². The third-order valence-electron chi connectivity index (χ3n) is 5.02. The number of hydrogen-bond acceptors (Lipinski definition) is 7. The molecule has 10 nitrogen and oxygen atoms in total. The zero-order valence-electron chi connectivity index (χ0n) is 16.1. The molecule has 2 aromatic carbocycles. The van der Waals surface area contributed by atoms with Crippen molar-refractivity contribution in [3.63, 3.8) is 0 Å². The maximum absolute atomic E-state index is 13.1. The summed E-state index contributed by atoms with van der Waals surface area (Å²) >= 11 is 0. The van der Waals surface area contributed by atoms with Crippen LogP contribution in [0, 0.1) is 20.2 Å². The van der Waals surface area contributed by atoms with E-state index in [1.807, 2.05) is 13.0 Å². The van der Waals surface area contributed by atoms with E-state index in [0.29, 0.717) is 24.5 Å². The van der Waals surface area contributed by atoms with E-state index in [9.17, 15) is 25.0 Å². The van der Waals surface area contributed by atoms with Gasteiger partial charge in [-0.1, -0.05) is 0 Å². The maximum Gasteiger partial charge on any atom is 0.277 e. The Labute approximate surface area is 165 Å². The van der Waals surface area contributed by atoms with Crippen LogP contribution in [0.4, 0.5) is 11.4 Å². The van der Waals surface area contributed by atoms with Crippen LogP contribution in [-0.4, -0.2) is 41.4 Å². The lowest BCUT2D eigenvalue weighted by molar-refractivity contribution is -0.394. The second-order valence-corrected chi connectivity index (χ2v) is 6.58. The molecule has 29 heavy (non-hydrogen) atoms. The highest BCUT2D eigenvalue weighted by Gasteiger charge is 2.31. The van der Waals surface area contributed by atoms with E-state index in [2.05, 4.69) is 0 Å². The highest BCUT2D eigenvalue weighted by Crippen LogP contribution is 2.38. The second-order valence-electron chi connectivity index (χ2n) is 6.58. The van der Waals surface area contributed by atoms with E-state index >= 15 is 0 Å². The summed E-state index contributed by atoms with van der Waals surface area (Å²) in [5.74, 6) is 0.607. The van der Waals surface area contributed by atoms with E-state index in [4.69, 9.17) is 9.47 Å². The Balaban J connectivity index is 1.99. The van der Waals surface area contributed by atoms with Gasteiger partial charge in [0.25, 0.3) is 17.3 Å². The molecular formula is C19H19N3O7. The van der Waals surface area contributed by atoms with Gasteiger partial charge < -0.3 is 14.4 Å². The van der Waals surface area contributed by atoms with Crippen molar-refractivity contribution in [1.82, 2.24) is 4.90 Å². The van der Waals surface area contributed by atoms with Crippen LogP contribution >= 0.6 is 0 Å². The molecule has 0 aliphatic carbocycles. The van der Waals surface area contributed by atoms with Gasteiger partial charge >= 0.3 is 0 Å². The molecule has 10 heteroatoms. The standard InChI is InChI=1S/C19H19N3O7/c1-11-16-10-18(29-3)17(28-2)8-12(16)4-5-20(11)19(23)13-6-14(21(24)25)9-15(7-13)22(26)27/h6-11H,4-5H2,1-3H3/t11-/m1/s1. The normalized spacial score (nSPS) is 15.4. The van der Waals surface area contributed by atoms with Crippen LogP contribution in [0.15, 0.2) is 30.3 Å². The highest BCUT2D eigenvalue weighted by atomic mass is 16.6. The van der Waals surface area contributed by atoms with Gasteiger partial charge in [0, 0.05) is 18.7 Å². The molecule has 1 aliphatic rings. The molecule has 1 aliphatic heterocycles. The zero-order valence-corrected chi connectivity index (χ0v) is 16.1. The molecule has 1 atom stereocenters. The van der Waals surface area contributed by atoms with Crippen molar-refractivity contribution < 1.29 is 24.1 Å². The lowest BCUT2D eigenvalue weighted by Crippen LogP contribution is -2.39. The van der Waals surface area contributed by atoms with Gasteiger partial charge in [-0.25, -0.2) is 0 Å². The van der Waals surface area contributed by atoms with Crippen molar-refractivity contribution in [1.29, 1.82) is 0 Å². The number of ether oxygens (including phenoxy) is 2. The summed E-state index contributed by atoms with van der Waals surface area (Å²) in [6.07, 6.45) is 0.544. The SMILES string of the molecule is COc1cc2c(cc1OC)[C@@H](C)N(C(=O)c1cc([N+](=O)[O-])cc([N+](=O)[O-])c1)CC2. The summed E-state index contributed by atoms with van der Waals surface area (Å²) in [7, 11) is 3.06. The van der Waals surface area contributed by atoms with Gasteiger partial charge in [0.05, 0.1) is 41.7 Å². The van der Waals surface area contributed by atoms with Gasteiger partial charge in [0.1, 0.15) is 0 Å². The molecule has 0 aromatic heterocycles. The fraction of sp³-hybridized carbons (Fsp3) is 0.316. The zero-order chi connectivity index (χ0) is 21.3. The van der Waals surface area contributed by atoms with Crippen molar-refractivity contribution >= 4 is 17.3 Å². The number of methoxy groups -OCH3 is 2. The van der Waals surface area contributed by atoms with Crippen LogP contribution in [0.1, 0.15) is 34.5 Å². The maximum atomic E-state index is 13.1. The molecular weight excluding hydrogens is 382 g/mol. The number of hydrogen-bond donors (Lipinski definition) is 0. The molecule has 0 bridgehead atoms. The first-order chi connectivity index (χ1) is 13.8. The predicted octanol–water partition coefficient (Wildman–Crippen LogP) is 3.28. The number of nitro groups is 2. The average Bonchev–Trinajstić information content (AvgIpc) is 2.72. The minimum Gasteiger partial charge on any atom is -0.493 e. The second kappa shape index (κ2) is 7.74. The third-order valence-corrected chi connectivity index (χ3v) is 5.02. The largest absolute Gasteiger partial charge is 0.493 e. The Morgan fingerprint density at radius 1 is 1.00 bits per heavy atom. The minimum absolute atomic E-state index is 0.0957. The molecule has 0 unspecified atom stereocenters. The summed E-state index contributed by atoms with van der Waals surface area (Å²) in [6, 6.07) is 6.27. The van der Waals surface area contributed by atoms with Crippen molar-refractivity contribution in [3.05, 3.63) is 67.3 Å². The number of nitrogens with zero attached hydrogens (tertiary/aromatic N) is 3. The quantitative estimate of drug-likeness (QED) is 0.556. The molecule has 1 heterocycles. The number of rotatable bonds is 5. The van der Waals surface area contributed by atoms with Gasteiger partial charge in [-0.2, -0.15) is 0 Å². The summed E-state index contributed by atoms with van der Waals surface area (Å²) in [5.41, 5.74) is 0.770. The summed E-state index contributed by atoms with van der Waals surface area (Å²) < 4.78 is 10.7. The molecule has 0 radical (unpaired) electrons. The van der Waals surface area contributed by atoms with Crippen molar-refractivity contribution in [2.75, 3.05) is 20.8 Å². The van der Waals surface area contributed by atoms with E-state index in [0.717, 1.165) is 29.3 Å². The Hall–Kier alpha value is -3.69. The first kappa shape index (κ1) is 20.1. The highest BCUT2D eigenvalue weighted by molar-refractivity contribution is 5.96. The van der Waals surface area contributed by atoms with E-state index < -0.39 is 27.1 Å². The Bertz CT molecular complexity index is 973. The molecule has 152 valence electrons. The Kier molecular flexibility index (Phi) is 5.35. The van der Waals surface area contributed by atoms with Crippen LogP contribution in [-0.2, 0) is 6.42 Å². The number of carbonyl (C=O) groups is 1. The molecule has 0 spiro atoms. The lowest BCUT2D eigenvalue weighted by atomic mass is 9.92. The van der Waals surface area contributed by atoms with Crippen LogP contribution in [0.2, 0.25) is 0 Å². The minimum atomic E-state index is -0.754. The number of fused-ring (bicyclic) bond motifs is 1.